The topological polar surface area (TPSA) is 119 Å². The molecule has 2 aromatic heterocycles. The number of aromatic nitrogens is 2. The third-order valence-corrected chi connectivity index (χ3v) is 10.3. The Morgan fingerprint density at radius 2 is 1.97 bits per heavy atom. The first kappa shape index (κ1) is 26.7. The number of aryl methyl sites for hydroxylation is 1. The third-order valence-electron chi connectivity index (χ3n) is 7.14. The summed E-state index contributed by atoms with van der Waals surface area (Å²) in [6, 6.07) is 12.2. The standard InChI is InChI=1S/C27H30ClN5O3S2/c1-33-23-12-10-19(26(29)34)20(14-17-6-3-2-4-7-17)25(23)32-27(33)31-22-15-18(9-11-21(22)28)16-30-38(35,36)24-8-5-13-37-24/h5,8-13,15,17,30H,2-4,6-7,14,16H2,1H3,(H2,29,34)(H,31,32). The molecular weight excluding hydrogens is 542 g/mol. The average Bonchev–Trinajstić information content (AvgIpc) is 3.55. The van der Waals surface area contributed by atoms with E-state index in [0.717, 1.165) is 41.4 Å². The molecule has 0 unspecified atom stereocenters. The van der Waals surface area contributed by atoms with Crippen molar-refractivity contribution in [1.82, 2.24) is 14.3 Å². The number of anilines is 2. The van der Waals surface area contributed by atoms with Gasteiger partial charge in [0.25, 0.3) is 0 Å². The van der Waals surface area contributed by atoms with Crippen LogP contribution in [0.15, 0.2) is 52.1 Å². The highest BCUT2D eigenvalue weighted by Gasteiger charge is 2.22. The quantitative estimate of drug-likeness (QED) is 0.237. The Morgan fingerprint density at radius 1 is 1.18 bits per heavy atom. The van der Waals surface area contributed by atoms with E-state index >= 15 is 0 Å². The van der Waals surface area contributed by atoms with Crippen LogP contribution >= 0.6 is 22.9 Å². The van der Waals surface area contributed by atoms with E-state index in [2.05, 4.69) is 10.0 Å². The number of thiophene rings is 1. The summed E-state index contributed by atoms with van der Waals surface area (Å²) in [6.45, 7) is 0.113. The van der Waals surface area contributed by atoms with E-state index < -0.39 is 15.9 Å². The highest BCUT2D eigenvalue weighted by atomic mass is 35.5. The fourth-order valence-electron chi connectivity index (χ4n) is 5.11. The van der Waals surface area contributed by atoms with Crippen molar-refractivity contribution in [2.45, 2.75) is 49.3 Å². The van der Waals surface area contributed by atoms with Crippen molar-refractivity contribution in [2.75, 3.05) is 5.32 Å². The summed E-state index contributed by atoms with van der Waals surface area (Å²) in [6.07, 6.45) is 6.74. The molecule has 1 fully saturated rings. The Kier molecular flexibility index (Phi) is 7.76. The van der Waals surface area contributed by atoms with Gasteiger partial charge in [-0.05, 0) is 59.2 Å². The molecule has 200 valence electrons. The molecule has 11 heteroatoms. The number of primary amides is 1. The number of imidazole rings is 1. The molecule has 1 saturated carbocycles. The fourth-order valence-corrected chi connectivity index (χ4v) is 7.33. The van der Waals surface area contributed by atoms with Gasteiger partial charge in [0.05, 0.1) is 21.7 Å². The predicted octanol–water partition coefficient (Wildman–Crippen LogP) is 5.73. The minimum atomic E-state index is -3.59. The van der Waals surface area contributed by atoms with Crippen molar-refractivity contribution in [3.63, 3.8) is 0 Å². The molecule has 5 rings (SSSR count). The lowest BCUT2D eigenvalue weighted by atomic mass is 9.83. The first-order valence-electron chi connectivity index (χ1n) is 12.6. The Balaban J connectivity index is 1.43. The largest absolute Gasteiger partial charge is 0.366 e. The second-order valence-electron chi connectivity index (χ2n) is 9.72. The van der Waals surface area contributed by atoms with E-state index in [4.69, 9.17) is 22.3 Å². The van der Waals surface area contributed by atoms with Crippen LogP contribution in [0.1, 0.15) is 53.6 Å². The molecule has 0 saturated heterocycles. The number of rotatable bonds is 9. The van der Waals surface area contributed by atoms with Crippen LogP contribution in [0.25, 0.3) is 11.0 Å². The summed E-state index contributed by atoms with van der Waals surface area (Å²) >= 11 is 7.66. The number of fused-ring (bicyclic) bond motifs is 1. The number of carbonyl (C=O) groups excluding carboxylic acids is 1. The Bertz CT molecular complexity index is 1580. The minimum absolute atomic E-state index is 0.113. The van der Waals surface area contributed by atoms with Gasteiger partial charge in [0, 0.05) is 19.2 Å². The van der Waals surface area contributed by atoms with Gasteiger partial charge >= 0.3 is 0 Å². The highest BCUT2D eigenvalue weighted by Crippen LogP contribution is 2.34. The molecule has 0 spiro atoms. The van der Waals surface area contributed by atoms with Crippen molar-refractivity contribution in [3.8, 4) is 0 Å². The van der Waals surface area contributed by atoms with E-state index in [0.29, 0.717) is 28.1 Å². The van der Waals surface area contributed by atoms with Gasteiger partial charge in [-0.2, -0.15) is 0 Å². The van der Waals surface area contributed by atoms with Crippen LogP contribution in [-0.4, -0.2) is 23.9 Å². The van der Waals surface area contributed by atoms with Gasteiger partial charge < -0.3 is 15.6 Å². The molecule has 0 aliphatic heterocycles. The zero-order valence-electron chi connectivity index (χ0n) is 21.0. The number of nitrogens with two attached hydrogens (primary N) is 1. The van der Waals surface area contributed by atoms with Crippen molar-refractivity contribution < 1.29 is 13.2 Å². The number of nitrogens with zero attached hydrogens (tertiary/aromatic N) is 2. The molecular formula is C27H30ClN5O3S2. The van der Waals surface area contributed by atoms with Crippen molar-refractivity contribution in [2.24, 2.45) is 18.7 Å². The zero-order valence-corrected chi connectivity index (χ0v) is 23.4. The van der Waals surface area contributed by atoms with Crippen LogP contribution in [-0.2, 0) is 30.0 Å². The van der Waals surface area contributed by atoms with Crippen LogP contribution in [0.2, 0.25) is 5.02 Å². The maximum atomic E-state index is 12.5. The van der Waals surface area contributed by atoms with Gasteiger partial charge in [-0.3, -0.25) is 4.79 Å². The Labute approximate surface area is 231 Å². The number of benzene rings is 2. The molecule has 4 N–H and O–H groups in total. The zero-order chi connectivity index (χ0) is 26.9. The van der Waals surface area contributed by atoms with Crippen molar-refractivity contribution in [3.05, 3.63) is 69.6 Å². The molecule has 0 atom stereocenters. The number of amides is 1. The van der Waals surface area contributed by atoms with Gasteiger partial charge in [-0.15, -0.1) is 11.3 Å². The Morgan fingerprint density at radius 3 is 2.68 bits per heavy atom. The Hall–Kier alpha value is -2.92. The van der Waals surface area contributed by atoms with E-state index in [1.807, 2.05) is 17.7 Å². The van der Waals surface area contributed by atoms with Crippen LogP contribution in [0.5, 0.6) is 0 Å². The first-order chi connectivity index (χ1) is 18.2. The van der Waals surface area contributed by atoms with Crippen molar-refractivity contribution >= 4 is 61.5 Å². The SMILES string of the molecule is Cn1c(Nc2cc(CNS(=O)(=O)c3cccs3)ccc2Cl)nc2c(CC3CCCCC3)c(C(N)=O)ccc21. The number of hydrogen-bond donors (Lipinski definition) is 3. The molecule has 8 nitrogen and oxygen atoms in total. The van der Waals surface area contributed by atoms with Crippen LogP contribution in [0.3, 0.4) is 0 Å². The van der Waals surface area contributed by atoms with Crippen LogP contribution in [0, 0.1) is 5.92 Å². The second-order valence-corrected chi connectivity index (χ2v) is 13.1. The fraction of sp³-hybridized carbons (Fsp3) is 0.333. The minimum Gasteiger partial charge on any atom is -0.366 e. The van der Waals surface area contributed by atoms with Gasteiger partial charge in [-0.1, -0.05) is 55.8 Å². The van der Waals surface area contributed by atoms with Crippen LogP contribution in [0.4, 0.5) is 11.6 Å². The monoisotopic (exact) mass is 571 g/mol. The predicted molar refractivity (Wildman–Crippen MR) is 153 cm³/mol. The summed E-state index contributed by atoms with van der Waals surface area (Å²) in [5, 5.41) is 5.50. The lowest BCUT2D eigenvalue weighted by molar-refractivity contribution is 0.0999. The second kappa shape index (κ2) is 11.1. The smallest absolute Gasteiger partial charge is 0.250 e. The normalized spacial score (nSPS) is 14.7. The molecule has 1 amide bonds. The summed E-state index contributed by atoms with van der Waals surface area (Å²) in [5.41, 5.74) is 10.2. The molecule has 2 heterocycles. The number of hydrogen-bond acceptors (Lipinski definition) is 6. The number of nitrogens with one attached hydrogen (secondary N) is 2. The first-order valence-corrected chi connectivity index (χ1v) is 15.3. The molecule has 0 bridgehead atoms. The summed E-state index contributed by atoms with van der Waals surface area (Å²) in [7, 11) is -1.69. The maximum Gasteiger partial charge on any atom is 0.250 e. The summed E-state index contributed by atoms with van der Waals surface area (Å²) in [5.74, 6) is 0.623. The number of halogens is 1. The van der Waals surface area contributed by atoms with Crippen LogP contribution < -0.4 is 15.8 Å². The average molecular weight is 572 g/mol. The molecule has 0 radical (unpaired) electrons. The molecule has 2 aromatic carbocycles. The van der Waals surface area contributed by atoms with Gasteiger partial charge in [0.15, 0.2) is 0 Å². The van der Waals surface area contributed by atoms with E-state index in [9.17, 15) is 13.2 Å². The van der Waals surface area contributed by atoms with E-state index in [-0.39, 0.29) is 10.8 Å². The highest BCUT2D eigenvalue weighted by molar-refractivity contribution is 7.91. The van der Waals surface area contributed by atoms with Gasteiger partial charge in [-0.25, -0.2) is 18.1 Å². The molecule has 38 heavy (non-hydrogen) atoms. The lowest BCUT2D eigenvalue weighted by Crippen LogP contribution is -2.22. The van der Waals surface area contributed by atoms with Gasteiger partial charge in [0.1, 0.15) is 4.21 Å². The summed E-state index contributed by atoms with van der Waals surface area (Å²) in [4.78, 5) is 17.2. The summed E-state index contributed by atoms with van der Waals surface area (Å²) < 4.78 is 29.9. The molecule has 4 aromatic rings. The van der Waals surface area contributed by atoms with Crippen molar-refractivity contribution in [1.29, 1.82) is 0 Å². The third kappa shape index (κ3) is 5.58. The molecule has 1 aliphatic rings. The lowest BCUT2D eigenvalue weighted by Gasteiger charge is -2.22. The van der Waals surface area contributed by atoms with Gasteiger partial charge in [0.2, 0.25) is 21.9 Å². The van der Waals surface area contributed by atoms with E-state index in [1.165, 1.54) is 30.6 Å². The number of sulfonamides is 1. The maximum absolute atomic E-state index is 12.5. The number of carbonyl (C=O) groups is 1. The van der Waals surface area contributed by atoms with E-state index in [1.54, 1.807) is 41.8 Å². The molecule has 1 aliphatic carbocycles.